The Morgan fingerprint density at radius 2 is 2.33 bits per heavy atom. The fourth-order valence-corrected chi connectivity index (χ4v) is 0.850. The van der Waals surface area contributed by atoms with Crippen molar-refractivity contribution in [3.63, 3.8) is 0 Å². The van der Waals surface area contributed by atoms with E-state index in [1.807, 2.05) is 12.3 Å². The van der Waals surface area contributed by atoms with Gasteiger partial charge in [0.05, 0.1) is 0 Å². The second-order valence-corrected chi connectivity index (χ2v) is 2.66. The monoisotopic (exact) mass is 185 g/mol. The zero-order valence-corrected chi connectivity index (χ0v) is 6.85. The Kier molecular flexibility index (Phi) is 2.22. The molecular formula is C7H8BrN. The molecule has 1 heterocycles. The van der Waals surface area contributed by atoms with Gasteiger partial charge in [-0.25, -0.2) is 4.98 Å². The molecule has 1 nitrogen and oxygen atoms in total. The fraction of sp³-hybridized carbons (Fsp3) is 0.286. The summed E-state index contributed by atoms with van der Waals surface area (Å²) in [6.45, 7) is 2.12. The fourth-order valence-electron chi connectivity index (χ4n) is 0.616. The normalized spacial score (nSPS) is 9.56. The molecule has 0 unspecified atom stereocenters. The molecule has 0 atom stereocenters. The van der Waals surface area contributed by atoms with Gasteiger partial charge in [-0.15, -0.1) is 0 Å². The van der Waals surface area contributed by atoms with E-state index in [0.717, 1.165) is 11.0 Å². The predicted octanol–water partition coefficient (Wildman–Crippen LogP) is 2.41. The summed E-state index contributed by atoms with van der Waals surface area (Å²) in [7, 11) is 0. The molecule has 1 aromatic heterocycles. The van der Waals surface area contributed by atoms with Crippen LogP contribution in [0.4, 0.5) is 0 Å². The maximum atomic E-state index is 4.07. The van der Waals surface area contributed by atoms with E-state index in [2.05, 4.69) is 33.9 Å². The first-order valence-corrected chi connectivity index (χ1v) is 3.72. The van der Waals surface area contributed by atoms with Gasteiger partial charge in [-0.2, -0.15) is 0 Å². The van der Waals surface area contributed by atoms with E-state index >= 15 is 0 Å². The van der Waals surface area contributed by atoms with Crippen LogP contribution in [0.3, 0.4) is 0 Å². The van der Waals surface area contributed by atoms with Crippen LogP contribution in [0.1, 0.15) is 12.5 Å². The van der Waals surface area contributed by atoms with Crippen molar-refractivity contribution in [2.24, 2.45) is 0 Å². The molecule has 0 amide bonds. The van der Waals surface area contributed by atoms with Crippen molar-refractivity contribution in [3.8, 4) is 0 Å². The average molecular weight is 186 g/mol. The van der Waals surface area contributed by atoms with Crippen LogP contribution >= 0.6 is 15.9 Å². The van der Waals surface area contributed by atoms with Crippen LogP contribution in [0.5, 0.6) is 0 Å². The highest BCUT2D eigenvalue weighted by molar-refractivity contribution is 9.10. The highest BCUT2D eigenvalue weighted by Gasteiger charge is 1.87. The Morgan fingerprint density at radius 1 is 1.56 bits per heavy atom. The van der Waals surface area contributed by atoms with E-state index in [4.69, 9.17) is 0 Å². The average Bonchev–Trinajstić information content (AvgIpc) is 1.90. The molecule has 0 aliphatic carbocycles. The van der Waals surface area contributed by atoms with Crippen molar-refractivity contribution in [1.29, 1.82) is 0 Å². The van der Waals surface area contributed by atoms with E-state index in [9.17, 15) is 0 Å². The molecule has 48 valence electrons. The first kappa shape index (κ1) is 6.75. The number of rotatable bonds is 1. The largest absolute Gasteiger partial charge is 0.249 e. The zero-order valence-electron chi connectivity index (χ0n) is 5.26. The highest BCUT2D eigenvalue weighted by atomic mass is 79.9. The lowest BCUT2D eigenvalue weighted by molar-refractivity contribution is 1.09. The smallest absolute Gasteiger partial charge is 0.106 e. The SMILES string of the molecule is CCc1ccc(Br)nc1. The topological polar surface area (TPSA) is 12.9 Å². The summed E-state index contributed by atoms with van der Waals surface area (Å²) < 4.78 is 0.903. The Morgan fingerprint density at radius 3 is 2.78 bits per heavy atom. The van der Waals surface area contributed by atoms with Gasteiger partial charge in [0, 0.05) is 6.20 Å². The Hall–Kier alpha value is -0.370. The lowest BCUT2D eigenvalue weighted by atomic mass is 10.2. The van der Waals surface area contributed by atoms with Gasteiger partial charge in [-0.05, 0) is 34.0 Å². The van der Waals surface area contributed by atoms with Crippen molar-refractivity contribution in [1.82, 2.24) is 4.98 Å². The summed E-state index contributed by atoms with van der Waals surface area (Å²) in [6.07, 6.45) is 2.93. The van der Waals surface area contributed by atoms with Gasteiger partial charge in [-0.1, -0.05) is 13.0 Å². The molecule has 1 aromatic rings. The molecule has 1 rings (SSSR count). The molecule has 0 saturated heterocycles. The van der Waals surface area contributed by atoms with Crippen LogP contribution in [-0.2, 0) is 6.42 Å². The molecule has 0 aliphatic rings. The first-order valence-electron chi connectivity index (χ1n) is 2.93. The number of aromatic nitrogens is 1. The molecule has 0 radical (unpaired) electrons. The molecule has 9 heavy (non-hydrogen) atoms. The number of pyridine rings is 1. The van der Waals surface area contributed by atoms with Gasteiger partial charge in [-0.3, -0.25) is 0 Å². The minimum absolute atomic E-state index is 0.903. The molecular weight excluding hydrogens is 178 g/mol. The quantitative estimate of drug-likeness (QED) is 0.613. The Labute approximate surface area is 63.2 Å². The van der Waals surface area contributed by atoms with Crippen molar-refractivity contribution in [3.05, 3.63) is 28.5 Å². The van der Waals surface area contributed by atoms with Crippen LogP contribution in [0, 0.1) is 0 Å². The Balaban J connectivity index is 2.88. The van der Waals surface area contributed by atoms with E-state index in [1.54, 1.807) is 0 Å². The zero-order chi connectivity index (χ0) is 6.69. The molecule has 0 spiro atoms. The van der Waals surface area contributed by atoms with Crippen LogP contribution in [-0.4, -0.2) is 4.98 Å². The lowest BCUT2D eigenvalue weighted by Gasteiger charge is -1.92. The third-order valence-corrected chi connectivity index (χ3v) is 1.67. The van der Waals surface area contributed by atoms with Crippen LogP contribution in [0.2, 0.25) is 0 Å². The summed E-state index contributed by atoms with van der Waals surface area (Å²) in [5, 5.41) is 0. The maximum Gasteiger partial charge on any atom is 0.106 e. The molecule has 0 saturated carbocycles. The van der Waals surface area contributed by atoms with Crippen LogP contribution in [0.15, 0.2) is 22.9 Å². The molecule has 0 aliphatic heterocycles. The molecule has 0 N–H and O–H groups in total. The highest BCUT2D eigenvalue weighted by Crippen LogP contribution is 2.05. The Bertz CT molecular complexity index is 181. The van der Waals surface area contributed by atoms with E-state index in [0.29, 0.717) is 0 Å². The first-order chi connectivity index (χ1) is 4.33. The molecule has 0 aromatic carbocycles. The van der Waals surface area contributed by atoms with E-state index in [-0.39, 0.29) is 0 Å². The number of aryl methyl sites for hydroxylation is 1. The summed E-state index contributed by atoms with van der Waals surface area (Å²) in [6, 6.07) is 4.02. The third-order valence-electron chi connectivity index (χ3n) is 1.20. The second-order valence-electron chi connectivity index (χ2n) is 1.84. The molecule has 2 heteroatoms. The minimum Gasteiger partial charge on any atom is -0.249 e. The van der Waals surface area contributed by atoms with Crippen molar-refractivity contribution in [2.75, 3.05) is 0 Å². The summed E-state index contributed by atoms with van der Waals surface area (Å²) in [5.41, 5.74) is 1.28. The van der Waals surface area contributed by atoms with Gasteiger partial charge in [0.2, 0.25) is 0 Å². The van der Waals surface area contributed by atoms with Crippen molar-refractivity contribution in [2.45, 2.75) is 13.3 Å². The third kappa shape index (κ3) is 1.79. The van der Waals surface area contributed by atoms with E-state index in [1.165, 1.54) is 5.56 Å². The van der Waals surface area contributed by atoms with Crippen LogP contribution in [0.25, 0.3) is 0 Å². The summed E-state index contributed by atoms with van der Waals surface area (Å²) in [5.74, 6) is 0. The number of hydrogen-bond acceptors (Lipinski definition) is 1. The van der Waals surface area contributed by atoms with Crippen LogP contribution < -0.4 is 0 Å². The second kappa shape index (κ2) is 2.97. The van der Waals surface area contributed by atoms with Gasteiger partial charge < -0.3 is 0 Å². The molecule has 0 fully saturated rings. The van der Waals surface area contributed by atoms with Gasteiger partial charge in [0.15, 0.2) is 0 Å². The minimum atomic E-state index is 0.903. The van der Waals surface area contributed by atoms with Crippen molar-refractivity contribution < 1.29 is 0 Å². The number of hydrogen-bond donors (Lipinski definition) is 0. The lowest BCUT2D eigenvalue weighted by Crippen LogP contribution is -1.80. The summed E-state index contributed by atoms with van der Waals surface area (Å²) >= 11 is 3.26. The van der Waals surface area contributed by atoms with E-state index < -0.39 is 0 Å². The summed E-state index contributed by atoms with van der Waals surface area (Å²) in [4.78, 5) is 4.07. The maximum absolute atomic E-state index is 4.07. The predicted molar refractivity (Wildman–Crippen MR) is 41.3 cm³/mol. The number of halogens is 1. The van der Waals surface area contributed by atoms with Gasteiger partial charge in [0.25, 0.3) is 0 Å². The van der Waals surface area contributed by atoms with Crippen molar-refractivity contribution >= 4 is 15.9 Å². The standard InChI is InChI=1S/C7H8BrN/c1-2-6-3-4-7(8)9-5-6/h3-5H,2H2,1H3. The van der Waals surface area contributed by atoms with Gasteiger partial charge in [0.1, 0.15) is 4.60 Å². The van der Waals surface area contributed by atoms with Gasteiger partial charge >= 0.3 is 0 Å². The number of nitrogens with zero attached hydrogens (tertiary/aromatic N) is 1. The molecule has 0 bridgehead atoms.